The van der Waals surface area contributed by atoms with Gasteiger partial charge in [-0.15, -0.1) is 0 Å². The SMILES string of the molecule is CCCCOC(=O)[C@@H](C)Oc1ccc(C(=O)Nc2cccc(C)c2C)cc1. The minimum absolute atomic E-state index is 0.192. The Morgan fingerprint density at radius 2 is 1.78 bits per heavy atom. The lowest BCUT2D eigenvalue weighted by atomic mass is 10.1. The van der Waals surface area contributed by atoms with Crippen molar-refractivity contribution in [2.45, 2.75) is 46.6 Å². The smallest absolute Gasteiger partial charge is 0.347 e. The Kier molecular flexibility index (Phi) is 7.41. The molecule has 5 heteroatoms. The third kappa shape index (κ3) is 5.84. The molecule has 1 amide bonds. The van der Waals surface area contributed by atoms with Gasteiger partial charge in [-0.2, -0.15) is 0 Å². The van der Waals surface area contributed by atoms with Crippen LogP contribution in [0, 0.1) is 13.8 Å². The number of esters is 1. The van der Waals surface area contributed by atoms with Crippen molar-refractivity contribution in [1.82, 2.24) is 0 Å². The number of carbonyl (C=O) groups is 2. The van der Waals surface area contributed by atoms with Gasteiger partial charge in [0.05, 0.1) is 6.61 Å². The van der Waals surface area contributed by atoms with Crippen LogP contribution in [0.4, 0.5) is 5.69 Å². The van der Waals surface area contributed by atoms with E-state index in [1.807, 2.05) is 39.0 Å². The van der Waals surface area contributed by atoms with Gasteiger partial charge in [0.1, 0.15) is 5.75 Å². The summed E-state index contributed by atoms with van der Waals surface area (Å²) in [6, 6.07) is 12.5. The maximum absolute atomic E-state index is 12.4. The zero-order chi connectivity index (χ0) is 19.8. The van der Waals surface area contributed by atoms with Gasteiger partial charge < -0.3 is 14.8 Å². The molecule has 0 fully saturated rings. The number of ether oxygens (including phenoxy) is 2. The number of carbonyl (C=O) groups excluding carboxylic acids is 2. The molecule has 0 unspecified atom stereocenters. The summed E-state index contributed by atoms with van der Waals surface area (Å²) < 4.78 is 10.7. The van der Waals surface area contributed by atoms with Crippen LogP contribution in [0.2, 0.25) is 0 Å². The molecule has 0 aromatic heterocycles. The van der Waals surface area contributed by atoms with Crippen molar-refractivity contribution in [1.29, 1.82) is 0 Å². The average Bonchev–Trinajstić information content (AvgIpc) is 2.66. The molecular weight excluding hydrogens is 342 g/mol. The molecule has 0 bridgehead atoms. The lowest BCUT2D eigenvalue weighted by Gasteiger charge is -2.14. The minimum Gasteiger partial charge on any atom is -0.479 e. The summed E-state index contributed by atoms with van der Waals surface area (Å²) in [5.74, 6) is -0.0688. The van der Waals surface area contributed by atoms with Crippen LogP contribution in [-0.2, 0) is 9.53 Å². The highest BCUT2D eigenvalue weighted by molar-refractivity contribution is 6.04. The van der Waals surface area contributed by atoms with Gasteiger partial charge in [-0.1, -0.05) is 25.5 Å². The van der Waals surface area contributed by atoms with Crippen molar-refractivity contribution in [2.24, 2.45) is 0 Å². The van der Waals surface area contributed by atoms with Gasteiger partial charge in [0.2, 0.25) is 0 Å². The second kappa shape index (κ2) is 9.76. The minimum atomic E-state index is -0.698. The Bertz CT molecular complexity index is 783. The lowest BCUT2D eigenvalue weighted by molar-refractivity contribution is -0.151. The molecule has 1 N–H and O–H groups in total. The van der Waals surface area contributed by atoms with E-state index in [4.69, 9.17) is 9.47 Å². The molecule has 1 atom stereocenters. The molecule has 0 spiro atoms. The standard InChI is InChI=1S/C22H27NO4/c1-5-6-14-26-22(25)17(4)27-19-12-10-18(11-13-19)21(24)23-20-9-7-8-15(2)16(20)3/h7-13,17H,5-6,14H2,1-4H3,(H,23,24)/t17-/m1/s1. The molecule has 0 saturated heterocycles. The zero-order valence-electron chi connectivity index (χ0n) is 16.4. The summed E-state index contributed by atoms with van der Waals surface area (Å²) in [5, 5.41) is 2.92. The van der Waals surface area contributed by atoms with E-state index in [9.17, 15) is 9.59 Å². The quantitative estimate of drug-likeness (QED) is 0.543. The monoisotopic (exact) mass is 369 g/mol. The van der Waals surface area contributed by atoms with Gasteiger partial charge in [-0.25, -0.2) is 4.79 Å². The Balaban J connectivity index is 1.95. The average molecular weight is 369 g/mol. The second-order valence-corrected chi connectivity index (χ2v) is 6.51. The van der Waals surface area contributed by atoms with Crippen LogP contribution < -0.4 is 10.1 Å². The summed E-state index contributed by atoms with van der Waals surface area (Å²) >= 11 is 0. The Labute approximate surface area is 160 Å². The molecule has 2 aromatic rings. The van der Waals surface area contributed by atoms with E-state index < -0.39 is 6.10 Å². The van der Waals surface area contributed by atoms with Gasteiger partial charge in [0.25, 0.3) is 5.91 Å². The number of hydrogen-bond donors (Lipinski definition) is 1. The van der Waals surface area contributed by atoms with E-state index in [1.54, 1.807) is 31.2 Å². The molecule has 27 heavy (non-hydrogen) atoms. The summed E-state index contributed by atoms with van der Waals surface area (Å²) in [5.41, 5.74) is 3.47. The van der Waals surface area contributed by atoms with Gasteiger partial charge in [-0.05, 0) is 68.7 Å². The fourth-order valence-electron chi connectivity index (χ4n) is 2.45. The number of rotatable bonds is 8. The summed E-state index contributed by atoms with van der Waals surface area (Å²) in [6.45, 7) is 8.07. The number of nitrogens with one attached hydrogen (secondary N) is 1. The Morgan fingerprint density at radius 1 is 1.07 bits per heavy atom. The molecule has 0 heterocycles. The van der Waals surface area contributed by atoms with Crippen molar-refractivity contribution in [2.75, 3.05) is 11.9 Å². The van der Waals surface area contributed by atoms with E-state index in [1.165, 1.54) is 0 Å². The fourth-order valence-corrected chi connectivity index (χ4v) is 2.45. The van der Waals surface area contributed by atoms with Crippen molar-refractivity contribution in [3.05, 3.63) is 59.2 Å². The third-order valence-corrected chi connectivity index (χ3v) is 4.36. The number of unbranched alkanes of at least 4 members (excludes halogenated alkanes) is 1. The highest BCUT2D eigenvalue weighted by Gasteiger charge is 2.16. The highest BCUT2D eigenvalue weighted by Crippen LogP contribution is 2.20. The van der Waals surface area contributed by atoms with Gasteiger partial charge in [0.15, 0.2) is 6.10 Å². The van der Waals surface area contributed by atoms with Crippen molar-refractivity contribution in [3.63, 3.8) is 0 Å². The number of anilines is 1. The third-order valence-electron chi connectivity index (χ3n) is 4.36. The van der Waals surface area contributed by atoms with Crippen molar-refractivity contribution >= 4 is 17.6 Å². The predicted octanol–water partition coefficient (Wildman–Crippen LogP) is 4.67. The zero-order valence-corrected chi connectivity index (χ0v) is 16.4. The van der Waals surface area contributed by atoms with Crippen LogP contribution in [0.1, 0.15) is 48.2 Å². The maximum Gasteiger partial charge on any atom is 0.347 e. The Morgan fingerprint density at radius 3 is 2.44 bits per heavy atom. The van der Waals surface area contributed by atoms with Crippen molar-refractivity contribution in [3.8, 4) is 5.75 Å². The largest absolute Gasteiger partial charge is 0.479 e. The van der Waals surface area contributed by atoms with E-state index >= 15 is 0 Å². The van der Waals surface area contributed by atoms with Crippen LogP contribution in [0.15, 0.2) is 42.5 Å². The first kappa shape index (κ1) is 20.5. The van der Waals surface area contributed by atoms with E-state index in [-0.39, 0.29) is 11.9 Å². The lowest BCUT2D eigenvalue weighted by Crippen LogP contribution is -2.26. The van der Waals surface area contributed by atoms with E-state index in [0.29, 0.717) is 17.9 Å². The molecular formula is C22H27NO4. The molecule has 5 nitrogen and oxygen atoms in total. The van der Waals surface area contributed by atoms with Gasteiger partial charge in [0, 0.05) is 11.3 Å². The first-order valence-electron chi connectivity index (χ1n) is 9.23. The summed E-state index contributed by atoms with van der Waals surface area (Å²) in [4.78, 5) is 24.3. The molecule has 2 rings (SSSR count). The molecule has 0 aliphatic rings. The summed E-state index contributed by atoms with van der Waals surface area (Å²) in [6.07, 6.45) is 1.10. The molecule has 0 saturated carbocycles. The van der Waals surface area contributed by atoms with E-state index in [2.05, 4.69) is 5.32 Å². The second-order valence-electron chi connectivity index (χ2n) is 6.51. The topological polar surface area (TPSA) is 64.6 Å². The van der Waals surface area contributed by atoms with Crippen molar-refractivity contribution < 1.29 is 19.1 Å². The highest BCUT2D eigenvalue weighted by atomic mass is 16.6. The first-order chi connectivity index (χ1) is 12.9. The van der Waals surface area contributed by atoms with Gasteiger partial charge in [-0.3, -0.25) is 4.79 Å². The molecule has 0 aliphatic carbocycles. The fraction of sp³-hybridized carbons (Fsp3) is 0.364. The number of amides is 1. The molecule has 2 aromatic carbocycles. The number of benzene rings is 2. The maximum atomic E-state index is 12.4. The molecule has 0 aliphatic heterocycles. The summed E-state index contributed by atoms with van der Waals surface area (Å²) in [7, 11) is 0. The van der Waals surface area contributed by atoms with Crippen LogP contribution in [0.25, 0.3) is 0 Å². The molecule has 0 radical (unpaired) electrons. The van der Waals surface area contributed by atoms with E-state index in [0.717, 1.165) is 29.7 Å². The van der Waals surface area contributed by atoms with Crippen LogP contribution in [0.5, 0.6) is 5.75 Å². The molecule has 144 valence electrons. The normalized spacial score (nSPS) is 11.6. The van der Waals surface area contributed by atoms with Crippen LogP contribution in [0.3, 0.4) is 0 Å². The van der Waals surface area contributed by atoms with Crippen LogP contribution in [-0.4, -0.2) is 24.6 Å². The van der Waals surface area contributed by atoms with Gasteiger partial charge >= 0.3 is 5.97 Å². The first-order valence-corrected chi connectivity index (χ1v) is 9.23. The number of hydrogen-bond acceptors (Lipinski definition) is 4. The van der Waals surface area contributed by atoms with Crippen LogP contribution >= 0.6 is 0 Å². The number of aryl methyl sites for hydroxylation is 1. The predicted molar refractivity (Wildman–Crippen MR) is 106 cm³/mol. The Hall–Kier alpha value is -2.82.